The topological polar surface area (TPSA) is 61.8 Å². The molecule has 108 valence electrons. The Labute approximate surface area is 127 Å². The van der Waals surface area contributed by atoms with Crippen molar-refractivity contribution in [2.24, 2.45) is 0 Å². The first kappa shape index (κ1) is 15.2. The molecule has 0 bridgehead atoms. The van der Waals surface area contributed by atoms with E-state index in [0.29, 0.717) is 15.8 Å². The van der Waals surface area contributed by atoms with Gasteiger partial charge in [-0.3, -0.25) is 0 Å². The van der Waals surface area contributed by atoms with Gasteiger partial charge in [0.25, 0.3) is 0 Å². The lowest BCUT2D eigenvalue weighted by Gasteiger charge is -2.13. The van der Waals surface area contributed by atoms with E-state index in [1.807, 2.05) is 0 Å². The molecule has 0 saturated carbocycles. The fourth-order valence-corrected chi connectivity index (χ4v) is 2.24. The van der Waals surface area contributed by atoms with Crippen LogP contribution in [-0.2, 0) is 6.18 Å². The monoisotopic (exact) mass is 355 g/mol. The number of halogens is 4. The highest BCUT2D eigenvalue weighted by Crippen LogP contribution is 2.35. The normalized spacial score (nSPS) is 11.0. The fraction of sp³-hybridized carbons (Fsp3) is 0.0714. The first-order valence-electron chi connectivity index (χ1n) is 5.74. The number of nitrogens with two attached hydrogens (primary N) is 1. The molecule has 3 nitrogen and oxygen atoms in total. The number of alkyl halides is 3. The summed E-state index contributed by atoms with van der Waals surface area (Å²) in [6.07, 6.45) is -4.58. The number of benzene rings is 2. The predicted octanol–water partition coefficient (Wildman–Crippen LogP) is 4.67. The molecule has 0 unspecified atom stereocenters. The van der Waals surface area contributed by atoms with Crippen molar-refractivity contribution >= 4 is 33.0 Å². The molecule has 0 atom stereocenters. The second-order valence-electron chi connectivity index (χ2n) is 4.23. The molecule has 7 heteroatoms. The van der Waals surface area contributed by atoms with Crippen LogP contribution in [0.1, 0.15) is 11.1 Å². The largest absolute Gasteiger partial charge is 0.417 e. The Morgan fingerprint density at radius 2 is 1.86 bits per heavy atom. The Kier molecular flexibility index (Phi) is 4.09. The van der Waals surface area contributed by atoms with Crippen molar-refractivity contribution in [3.63, 3.8) is 0 Å². The van der Waals surface area contributed by atoms with Gasteiger partial charge in [-0.15, -0.1) is 0 Å². The third-order valence-corrected chi connectivity index (χ3v) is 3.37. The molecule has 0 amide bonds. The predicted molar refractivity (Wildman–Crippen MR) is 78.0 cm³/mol. The SMILES string of the molecule is N#Cc1ccc(Nc2ccc(N)cc2Br)cc1C(F)(F)F. The van der Waals surface area contributed by atoms with Crippen molar-refractivity contribution in [1.29, 1.82) is 5.26 Å². The van der Waals surface area contributed by atoms with Gasteiger partial charge in [0.2, 0.25) is 0 Å². The van der Waals surface area contributed by atoms with Gasteiger partial charge in [0.15, 0.2) is 0 Å². The second kappa shape index (κ2) is 5.66. The minimum absolute atomic E-state index is 0.229. The molecule has 0 fully saturated rings. The summed E-state index contributed by atoms with van der Waals surface area (Å²) in [6.45, 7) is 0. The van der Waals surface area contributed by atoms with Crippen LogP contribution in [0, 0.1) is 11.3 Å². The van der Waals surface area contributed by atoms with Gasteiger partial charge < -0.3 is 11.1 Å². The minimum Gasteiger partial charge on any atom is -0.399 e. The number of nitriles is 1. The lowest BCUT2D eigenvalue weighted by molar-refractivity contribution is -0.137. The highest BCUT2D eigenvalue weighted by Gasteiger charge is 2.33. The van der Waals surface area contributed by atoms with Crippen molar-refractivity contribution in [2.75, 3.05) is 11.1 Å². The molecule has 0 aliphatic heterocycles. The quantitative estimate of drug-likeness (QED) is 0.769. The summed E-state index contributed by atoms with van der Waals surface area (Å²) in [5.74, 6) is 0. The van der Waals surface area contributed by atoms with Crippen LogP contribution in [0.3, 0.4) is 0 Å². The summed E-state index contributed by atoms with van der Waals surface area (Å²) >= 11 is 3.27. The average molecular weight is 356 g/mol. The Hall–Kier alpha value is -2.20. The molecule has 0 spiro atoms. The van der Waals surface area contributed by atoms with Gasteiger partial charge in [0.1, 0.15) is 0 Å². The van der Waals surface area contributed by atoms with E-state index in [1.165, 1.54) is 12.1 Å². The van der Waals surface area contributed by atoms with Crippen LogP contribution in [0.5, 0.6) is 0 Å². The number of nitrogens with one attached hydrogen (secondary N) is 1. The molecule has 21 heavy (non-hydrogen) atoms. The van der Waals surface area contributed by atoms with E-state index < -0.39 is 17.3 Å². The van der Waals surface area contributed by atoms with Crippen LogP contribution in [0.25, 0.3) is 0 Å². The lowest BCUT2D eigenvalue weighted by atomic mass is 10.1. The molecule has 0 aliphatic rings. The van der Waals surface area contributed by atoms with E-state index in [0.717, 1.165) is 12.1 Å². The number of hydrogen-bond acceptors (Lipinski definition) is 3. The molecule has 0 aliphatic carbocycles. The third kappa shape index (κ3) is 3.47. The smallest absolute Gasteiger partial charge is 0.399 e. The van der Waals surface area contributed by atoms with Crippen LogP contribution in [0.15, 0.2) is 40.9 Å². The number of rotatable bonds is 2. The summed E-state index contributed by atoms with van der Waals surface area (Å²) < 4.78 is 39.3. The molecule has 0 heterocycles. The zero-order chi connectivity index (χ0) is 15.6. The molecule has 2 aromatic carbocycles. The molecular formula is C14H9BrF3N3. The maximum absolute atomic E-state index is 12.9. The number of hydrogen-bond donors (Lipinski definition) is 2. The van der Waals surface area contributed by atoms with Crippen LogP contribution >= 0.6 is 15.9 Å². The summed E-state index contributed by atoms with van der Waals surface area (Å²) in [5.41, 5.74) is 5.54. The van der Waals surface area contributed by atoms with E-state index in [2.05, 4.69) is 21.2 Å². The zero-order valence-electron chi connectivity index (χ0n) is 10.5. The summed E-state index contributed by atoms with van der Waals surface area (Å²) in [7, 11) is 0. The van der Waals surface area contributed by atoms with Crippen LogP contribution in [-0.4, -0.2) is 0 Å². The third-order valence-electron chi connectivity index (χ3n) is 2.72. The summed E-state index contributed by atoms with van der Waals surface area (Å²) in [4.78, 5) is 0. The maximum Gasteiger partial charge on any atom is 0.417 e. The summed E-state index contributed by atoms with van der Waals surface area (Å²) in [5, 5.41) is 11.6. The van der Waals surface area contributed by atoms with Gasteiger partial charge in [-0.05, 0) is 52.3 Å². The first-order valence-corrected chi connectivity index (χ1v) is 6.54. The number of nitrogen functional groups attached to an aromatic ring is 1. The zero-order valence-corrected chi connectivity index (χ0v) is 12.1. The van der Waals surface area contributed by atoms with Crippen LogP contribution < -0.4 is 11.1 Å². The van der Waals surface area contributed by atoms with Gasteiger partial charge >= 0.3 is 6.18 Å². The summed E-state index contributed by atoms with van der Waals surface area (Å²) in [6, 6.07) is 9.90. The van der Waals surface area contributed by atoms with E-state index in [4.69, 9.17) is 11.0 Å². The fourth-order valence-electron chi connectivity index (χ4n) is 1.74. The maximum atomic E-state index is 12.9. The highest BCUT2D eigenvalue weighted by atomic mass is 79.9. The second-order valence-corrected chi connectivity index (χ2v) is 5.09. The first-order chi connectivity index (χ1) is 9.81. The lowest BCUT2D eigenvalue weighted by Crippen LogP contribution is -2.08. The van der Waals surface area contributed by atoms with Crippen LogP contribution in [0.4, 0.5) is 30.2 Å². The van der Waals surface area contributed by atoms with Crippen molar-refractivity contribution < 1.29 is 13.2 Å². The Balaban J connectivity index is 2.40. The van der Waals surface area contributed by atoms with Gasteiger partial charge in [-0.1, -0.05) is 0 Å². The van der Waals surface area contributed by atoms with Crippen molar-refractivity contribution in [1.82, 2.24) is 0 Å². The van der Waals surface area contributed by atoms with E-state index >= 15 is 0 Å². The van der Waals surface area contributed by atoms with E-state index in [9.17, 15) is 13.2 Å². The van der Waals surface area contributed by atoms with Crippen molar-refractivity contribution in [3.05, 3.63) is 52.0 Å². The average Bonchev–Trinajstić information content (AvgIpc) is 2.41. The van der Waals surface area contributed by atoms with E-state index in [-0.39, 0.29) is 5.69 Å². The van der Waals surface area contributed by atoms with Crippen molar-refractivity contribution in [3.8, 4) is 6.07 Å². The van der Waals surface area contributed by atoms with Gasteiger partial charge in [0.05, 0.1) is 22.9 Å². The van der Waals surface area contributed by atoms with Crippen molar-refractivity contribution in [2.45, 2.75) is 6.18 Å². The van der Waals surface area contributed by atoms with Crippen LogP contribution in [0.2, 0.25) is 0 Å². The molecule has 3 N–H and O–H groups in total. The molecule has 2 rings (SSSR count). The van der Waals surface area contributed by atoms with Gasteiger partial charge in [0, 0.05) is 15.8 Å². The Bertz CT molecular complexity index is 720. The number of anilines is 3. The Morgan fingerprint density at radius 1 is 1.14 bits per heavy atom. The molecule has 2 aromatic rings. The standard InChI is InChI=1S/C14H9BrF3N3/c15-12-5-9(20)2-4-13(12)21-10-3-1-8(7-19)11(6-10)14(16,17)18/h1-6,21H,20H2. The number of nitrogens with zero attached hydrogens (tertiary/aromatic N) is 1. The van der Waals surface area contributed by atoms with Gasteiger partial charge in [-0.2, -0.15) is 18.4 Å². The molecule has 0 saturated heterocycles. The molecular weight excluding hydrogens is 347 g/mol. The highest BCUT2D eigenvalue weighted by molar-refractivity contribution is 9.10. The minimum atomic E-state index is -4.58. The molecule has 0 aromatic heterocycles. The van der Waals surface area contributed by atoms with E-state index in [1.54, 1.807) is 18.2 Å². The Morgan fingerprint density at radius 3 is 2.43 bits per heavy atom. The van der Waals surface area contributed by atoms with Gasteiger partial charge in [-0.25, -0.2) is 0 Å². The molecule has 0 radical (unpaired) electrons.